The van der Waals surface area contributed by atoms with E-state index >= 15 is 0 Å². The first-order chi connectivity index (χ1) is 8.01. The molecule has 2 unspecified atom stereocenters. The maximum absolute atomic E-state index is 10.2. The number of hydrogen-bond donors (Lipinski definition) is 3. The van der Waals surface area contributed by atoms with Crippen LogP contribution in [0.3, 0.4) is 0 Å². The molecule has 1 rings (SSSR count). The minimum atomic E-state index is -1.68. The summed E-state index contributed by atoms with van der Waals surface area (Å²) in [7, 11) is 0. The molecule has 96 valence electrons. The standard InChI is InChI=1S/C6H10N4O7/c7-9-8-3-5(13)4(12)2(1-11)16-6(3)17-10(14)15/h2-6,11-13H,1H2/t2?,3-,4+,5?,6-/m0/s1. The van der Waals surface area contributed by atoms with Crippen LogP contribution in [-0.2, 0) is 9.57 Å². The summed E-state index contributed by atoms with van der Waals surface area (Å²) in [4.78, 5) is 16.6. The lowest BCUT2D eigenvalue weighted by molar-refractivity contribution is -0.783. The quantitative estimate of drug-likeness (QED) is 0.175. The topological polar surface area (TPSA) is 171 Å². The van der Waals surface area contributed by atoms with E-state index in [0.717, 1.165) is 0 Å². The maximum atomic E-state index is 10.2. The highest BCUT2D eigenvalue weighted by Gasteiger charge is 2.45. The van der Waals surface area contributed by atoms with Gasteiger partial charge in [0, 0.05) is 4.91 Å². The van der Waals surface area contributed by atoms with Crippen LogP contribution in [0.1, 0.15) is 0 Å². The number of aliphatic hydroxyl groups is 3. The molecule has 1 aliphatic heterocycles. The average Bonchev–Trinajstić information content (AvgIpc) is 2.27. The predicted octanol–water partition coefficient (Wildman–Crippen LogP) is -1.69. The summed E-state index contributed by atoms with van der Waals surface area (Å²) in [6.45, 7) is -0.682. The number of nitrogens with zero attached hydrogens (tertiary/aromatic N) is 4. The number of azide groups is 1. The summed E-state index contributed by atoms with van der Waals surface area (Å²) >= 11 is 0. The van der Waals surface area contributed by atoms with Crippen LogP contribution in [0.2, 0.25) is 0 Å². The lowest BCUT2D eigenvalue weighted by Crippen LogP contribution is -2.58. The van der Waals surface area contributed by atoms with E-state index < -0.39 is 42.3 Å². The van der Waals surface area contributed by atoms with E-state index in [9.17, 15) is 20.3 Å². The third-order valence-electron chi connectivity index (χ3n) is 2.22. The lowest BCUT2D eigenvalue weighted by Gasteiger charge is -2.38. The maximum Gasteiger partial charge on any atom is 0.297 e. The summed E-state index contributed by atoms with van der Waals surface area (Å²) in [5, 5.41) is 39.8. The first-order valence-electron chi connectivity index (χ1n) is 4.49. The molecule has 1 aliphatic rings. The van der Waals surface area contributed by atoms with Crippen molar-refractivity contribution in [1.29, 1.82) is 0 Å². The van der Waals surface area contributed by atoms with Gasteiger partial charge in [-0.15, -0.1) is 10.1 Å². The van der Waals surface area contributed by atoms with Crippen molar-refractivity contribution in [3.05, 3.63) is 20.6 Å². The molecule has 0 aliphatic carbocycles. The van der Waals surface area contributed by atoms with Gasteiger partial charge in [-0.2, -0.15) is 0 Å². The van der Waals surface area contributed by atoms with Gasteiger partial charge in [0.25, 0.3) is 5.09 Å². The molecular weight excluding hydrogens is 240 g/mol. The van der Waals surface area contributed by atoms with E-state index in [1.54, 1.807) is 0 Å². The molecule has 11 heteroatoms. The first-order valence-corrected chi connectivity index (χ1v) is 4.49. The van der Waals surface area contributed by atoms with Crippen molar-refractivity contribution in [1.82, 2.24) is 0 Å². The van der Waals surface area contributed by atoms with Crippen LogP contribution in [0.25, 0.3) is 10.4 Å². The molecule has 1 heterocycles. The molecular formula is C6H10N4O7. The summed E-state index contributed by atoms with van der Waals surface area (Å²) in [5.41, 5.74) is 8.23. The van der Waals surface area contributed by atoms with Crippen molar-refractivity contribution in [3.63, 3.8) is 0 Å². The van der Waals surface area contributed by atoms with Crippen molar-refractivity contribution >= 4 is 0 Å². The van der Waals surface area contributed by atoms with E-state index in [4.69, 9.17) is 15.4 Å². The number of aliphatic hydroxyl groups excluding tert-OH is 3. The summed E-state index contributed by atoms with van der Waals surface area (Å²) in [5.74, 6) is 0. The monoisotopic (exact) mass is 250 g/mol. The van der Waals surface area contributed by atoms with Crippen molar-refractivity contribution in [2.45, 2.75) is 30.6 Å². The SMILES string of the molecule is [N-]=[N+]=N[C@H]1C(O)[C@H](O)C(CO)O[C@H]1O[N+](=O)[O-]. The van der Waals surface area contributed by atoms with Gasteiger partial charge in [0.1, 0.15) is 18.2 Å². The Kier molecular flexibility index (Phi) is 4.43. The van der Waals surface area contributed by atoms with Gasteiger partial charge in [0.2, 0.25) is 6.29 Å². The highest BCUT2D eigenvalue weighted by molar-refractivity contribution is 4.93. The van der Waals surface area contributed by atoms with Crippen LogP contribution in [0.15, 0.2) is 5.11 Å². The fraction of sp³-hybridized carbons (Fsp3) is 1.00. The molecule has 17 heavy (non-hydrogen) atoms. The minimum absolute atomic E-state index is 0.682. The van der Waals surface area contributed by atoms with Crippen LogP contribution >= 0.6 is 0 Å². The van der Waals surface area contributed by atoms with E-state index in [-0.39, 0.29) is 0 Å². The van der Waals surface area contributed by atoms with Gasteiger partial charge >= 0.3 is 0 Å². The Morgan fingerprint density at radius 3 is 2.65 bits per heavy atom. The zero-order valence-corrected chi connectivity index (χ0v) is 8.36. The second-order valence-corrected chi connectivity index (χ2v) is 3.23. The Hall–Kier alpha value is -1.65. The fourth-order valence-electron chi connectivity index (χ4n) is 1.42. The Labute approximate surface area is 93.9 Å². The Morgan fingerprint density at radius 2 is 2.18 bits per heavy atom. The molecule has 0 bridgehead atoms. The first kappa shape index (κ1) is 13.4. The third-order valence-corrected chi connectivity index (χ3v) is 2.22. The van der Waals surface area contributed by atoms with Gasteiger partial charge in [0.15, 0.2) is 0 Å². The Bertz CT molecular complexity index is 332. The molecule has 3 N–H and O–H groups in total. The van der Waals surface area contributed by atoms with Crippen LogP contribution in [0, 0.1) is 10.1 Å². The third kappa shape index (κ3) is 2.93. The molecule has 1 fully saturated rings. The van der Waals surface area contributed by atoms with Crippen LogP contribution in [-0.4, -0.2) is 57.7 Å². The van der Waals surface area contributed by atoms with Gasteiger partial charge in [-0.3, -0.25) is 4.84 Å². The normalized spacial score (nSPS) is 37.0. The fourth-order valence-corrected chi connectivity index (χ4v) is 1.42. The smallest absolute Gasteiger partial charge is 0.297 e. The van der Waals surface area contributed by atoms with E-state index in [0.29, 0.717) is 0 Å². The molecule has 0 aromatic heterocycles. The zero-order valence-electron chi connectivity index (χ0n) is 8.36. The van der Waals surface area contributed by atoms with Crippen molar-refractivity contribution in [2.75, 3.05) is 6.61 Å². The average molecular weight is 250 g/mol. The van der Waals surface area contributed by atoms with Crippen molar-refractivity contribution < 1.29 is 30.0 Å². The van der Waals surface area contributed by atoms with E-state index in [2.05, 4.69) is 14.9 Å². The van der Waals surface area contributed by atoms with Gasteiger partial charge in [0.05, 0.1) is 12.7 Å². The molecule has 0 radical (unpaired) electrons. The Morgan fingerprint density at radius 1 is 1.53 bits per heavy atom. The second-order valence-electron chi connectivity index (χ2n) is 3.23. The Balaban J connectivity index is 2.89. The van der Waals surface area contributed by atoms with Gasteiger partial charge in [-0.1, -0.05) is 5.11 Å². The summed E-state index contributed by atoms with van der Waals surface area (Å²) in [6.07, 6.45) is -6.12. The zero-order chi connectivity index (χ0) is 13.0. The lowest BCUT2D eigenvalue weighted by atomic mass is 9.98. The van der Waals surface area contributed by atoms with E-state index in [1.807, 2.05) is 0 Å². The van der Waals surface area contributed by atoms with Crippen molar-refractivity contribution in [3.8, 4) is 0 Å². The molecule has 0 saturated carbocycles. The number of ether oxygens (including phenoxy) is 1. The van der Waals surface area contributed by atoms with Crippen molar-refractivity contribution in [2.24, 2.45) is 5.11 Å². The summed E-state index contributed by atoms with van der Waals surface area (Å²) in [6, 6.07) is -1.48. The molecule has 0 spiro atoms. The largest absolute Gasteiger partial charge is 0.394 e. The van der Waals surface area contributed by atoms with Gasteiger partial charge in [-0.25, -0.2) is 0 Å². The molecule has 11 nitrogen and oxygen atoms in total. The molecule has 0 aromatic rings. The minimum Gasteiger partial charge on any atom is -0.394 e. The molecule has 0 amide bonds. The number of rotatable bonds is 4. The van der Waals surface area contributed by atoms with Gasteiger partial charge in [-0.05, 0) is 5.53 Å². The predicted molar refractivity (Wildman–Crippen MR) is 48.8 cm³/mol. The van der Waals surface area contributed by atoms with Crippen LogP contribution in [0.5, 0.6) is 0 Å². The highest BCUT2D eigenvalue weighted by atomic mass is 17.0. The number of hydrogen-bond acceptors (Lipinski definition) is 8. The molecule has 0 aromatic carbocycles. The summed E-state index contributed by atoms with van der Waals surface area (Å²) < 4.78 is 4.81. The molecule has 5 atom stereocenters. The van der Waals surface area contributed by atoms with Crippen LogP contribution in [0.4, 0.5) is 0 Å². The highest BCUT2D eigenvalue weighted by Crippen LogP contribution is 2.24. The van der Waals surface area contributed by atoms with E-state index in [1.165, 1.54) is 0 Å². The van der Waals surface area contributed by atoms with Gasteiger partial charge < -0.3 is 20.1 Å². The molecule has 1 saturated heterocycles. The second kappa shape index (κ2) is 5.61. The van der Waals surface area contributed by atoms with Crippen LogP contribution < -0.4 is 0 Å².